The van der Waals surface area contributed by atoms with Gasteiger partial charge in [0, 0.05) is 15.7 Å². The highest BCUT2D eigenvalue weighted by atomic mass is 79.9. The second-order valence-electron chi connectivity index (χ2n) is 6.53. The second-order valence-corrected chi connectivity index (χ2v) is 7.44. The quantitative estimate of drug-likeness (QED) is 0.634. The van der Waals surface area contributed by atoms with Crippen LogP contribution in [0.3, 0.4) is 0 Å². The molecule has 1 aromatic rings. The van der Waals surface area contributed by atoms with E-state index < -0.39 is 29.0 Å². The molecule has 144 valence electrons. The normalized spacial score (nSPS) is 22.6. The zero-order valence-corrected chi connectivity index (χ0v) is 16.4. The molecule has 0 radical (unpaired) electrons. The molecule has 1 aromatic carbocycles. The number of hydrogen-bond acceptors (Lipinski definition) is 5. The van der Waals surface area contributed by atoms with Crippen LogP contribution < -0.4 is 11.5 Å². The summed E-state index contributed by atoms with van der Waals surface area (Å²) in [5.74, 6) is -1.18. The van der Waals surface area contributed by atoms with Crippen molar-refractivity contribution in [2.75, 3.05) is 0 Å². The van der Waals surface area contributed by atoms with E-state index in [0.717, 1.165) is 12.1 Å². The van der Waals surface area contributed by atoms with E-state index in [-0.39, 0.29) is 32.8 Å². The van der Waals surface area contributed by atoms with Gasteiger partial charge in [0.2, 0.25) is 11.8 Å². The fraction of sp³-hybridized carbons (Fsp3) is 0.333. The first kappa shape index (κ1) is 20.8. The Hall–Kier alpha value is -2.47. The highest BCUT2D eigenvalue weighted by Gasteiger charge is 2.51. The molecule has 1 aliphatic heterocycles. The van der Waals surface area contributed by atoms with Crippen LogP contribution in [-0.4, -0.2) is 5.90 Å². The molecule has 5 nitrogen and oxygen atoms in total. The number of alkyl halides is 3. The minimum absolute atomic E-state index is 0.0838. The van der Waals surface area contributed by atoms with Gasteiger partial charge in [-0.2, -0.15) is 18.4 Å². The summed E-state index contributed by atoms with van der Waals surface area (Å²) in [4.78, 5) is 0. The Morgan fingerprint density at radius 2 is 1.93 bits per heavy atom. The second kappa shape index (κ2) is 6.93. The van der Waals surface area contributed by atoms with Gasteiger partial charge in [0.1, 0.15) is 11.6 Å². The van der Waals surface area contributed by atoms with Gasteiger partial charge < -0.3 is 16.2 Å². The molecule has 5 N–H and O–H groups in total. The van der Waals surface area contributed by atoms with Gasteiger partial charge in [0.25, 0.3) is 0 Å². The molecule has 0 saturated heterocycles. The minimum Gasteiger partial charge on any atom is -0.422 e. The largest absolute Gasteiger partial charge is 0.422 e. The van der Waals surface area contributed by atoms with E-state index in [2.05, 4.69) is 15.9 Å². The van der Waals surface area contributed by atoms with Crippen LogP contribution >= 0.6 is 15.9 Å². The lowest BCUT2D eigenvalue weighted by Gasteiger charge is -2.43. The number of nitrogens with one attached hydrogen (secondary N) is 1. The molecule has 0 spiro atoms. The van der Waals surface area contributed by atoms with E-state index in [9.17, 15) is 18.4 Å². The molecule has 1 heterocycles. The molecule has 27 heavy (non-hydrogen) atoms. The van der Waals surface area contributed by atoms with E-state index in [0.29, 0.717) is 0 Å². The van der Waals surface area contributed by atoms with Gasteiger partial charge in [-0.25, -0.2) is 0 Å². The third kappa shape index (κ3) is 3.30. The van der Waals surface area contributed by atoms with Crippen molar-refractivity contribution in [2.45, 2.75) is 32.4 Å². The standard InChI is InChI=1S/C18H18BrF3N4O/c1-8(2)17(10-4-11(18(20,21)22)6-12(19)5-10)13(7-23)15(25)27-16(26)14(17)9(3)24/h4-6,8,26H,24-25H2,1-3H3. The first-order chi connectivity index (χ1) is 12.4. The molecule has 0 fully saturated rings. The van der Waals surface area contributed by atoms with Gasteiger partial charge in [0.15, 0.2) is 0 Å². The highest BCUT2D eigenvalue weighted by molar-refractivity contribution is 9.10. The Balaban J connectivity index is 3.06. The summed E-state index contributed by atoms with van der Waals surface area (Å²) in [7, 11) is 0. The number of ether oxygens (including phenoxy) is 1. The minimum atomic E-state index is -4.60. The van der Waals surface area contributed by atoms with Crippen LogP contribution in [0.5, 0.6) is 0 Å². The van der Waals surface area contributed by atoms with Crippen LogP contribution in [0.1, 0.15) is 31.9 Å². The van der Waals surface area contributed by atoms with Crippen molar-refractivity contribution in [3.05, 3.63) is 56.5 Å². The third-order valence-corrected chi connectivity index (χ3v) is 4.98. The van der Waals surface area contributed by atoms with Crippen molar-refractivity contribution in [1.29, 1.82) is 10.7 Å². The first-order valence-electron chi connectivity index (χ1n) is 7.89. The molecule has 1 atom stereocenters. The van der Waals surface area contributed by atoms with Gasteiger partial charge in [0.05, 0.1) is 11.0 Å². The lowest BCUT2D eigenvalue weighted by atomic mass is 9.60. The Labute approximate surface area is 163 Å². The first-order valence-corrected chi connectivity index (χ1v) is 8.68. The maximum Gasteiger partial charge on any atom is 0.416 e. The third-order valence-electron chi connectivity index (χ3n) is 4.53. The van der Waals surface area contributed by atoms with Crippen molar-refractivity contribution in [1.82, 2.24) is 0 Å². The maximum absolute atomic E-state index is 13.4. The molecule has 9 heteroatoms. The van der Waals surface area contributed by atoms with Gasteiger partial charge in [-0.1, -0.05) is 29.8 Å². The molecule has 1 unspecified atom stereocenters. The monoisotopic (exact) mass is 442 g/mol. The molecule has 1 aliphatic rings. The fourth-order valence-corrected chi connectivity index (χ4v) is 4.02. The van der Waals surface area contributed by atoms with Crippen LogP contribution in [0.25, 0.3) is 0 Å². The fourth-order valence-electron chi connectivity index (χ4n) is 3.52. The van der Waals surface area contributed by atoms with Crippen LogP contribution in [0.15, 0.2) is 45.4 Å². The molecule has 2 rings (SSSR count). The van der Waals surface area contributed by atoms with Crippen LogP contribution in [-0.2, 0) is 16.3 Å². The average molecular weight is 443 g/mol. The molecule has 0 amide bonds. The number of nitrogens with zero attached hydrogens (tertiary/aromatic N) is 1. The molecule has 0 aromatic heterocycles. The maximum atomic E-state index is 13.4. The summed E-state index contributed by atoms with van der Waals surface area (Å²) >= 11 is 3.11. The zero-order valence-electron chi connectivity index (χ0n) is 14.8. The Morgan fingerprint density at radius 3 is 2.37 bits per heavy atom. The number of allylic oxidation sites excluding steroid dienone is 2. The van der Waals surface area contributed by atoms with Crippen molar-refractivity contribution in [2.24, 2.45) is 17.4 Å². The summed E-state index contributed by atoms with van der Waals surface area (Å²) in [6, 6.07) is 5.33. The predicted octanol–water partition coefficient (Wildman–Crippen LogP) is 4.30. The van der Waals surface area contributed by atoms with Crippen molar-refractivity contribution < 1.29 is 17.9 Å². The van der Waals surface area contributed by atoms with E-state index >= 15 is 0 Å². The Kier molecular flexibility index (Phi) is 5.34. The lowest BCUT2D eigenvalue weighted by Crippen LogP contribution is -2.46. The summed E-state index contributed by atoms with van der Waals surface area (Å²) < 4.78 is 45.5. The number of benzene rings is 1. The molecule has 0 bridgehead atoms. The van der Waals surface area contributed by atoms with Crippen molar-refractivity contribution in [3.63, 3.8) is 0 Å². The average Bonchev–Trinajstić information content (AvgIpc) is 2.51. The van der Waals surface area contributed by atoms with Gasteiger partial charge >= 0.3 is 6.18 Å². The number of nitriles is 1. The van der Waals surface area contributed by atoms with E-state index in [1.807, 2.05) is 6.07 Å². The van der Waals surface area contributed by atoms with E-state index in [1.54, 1.807) is 13.8 Å². The summed E-state index contributed by atoms with van der Waals surface area (Å²) in [6.07, 6.45) is -4.60. The Morgan fingerprint density at radius 1 is 1.33 bits per heavy atom. The smallest absolute Gasteiger partial charge is 0.416 e. The number of rotatable bonds is 2. The van der Waals surface area contributed by atoms with Gasteiger partial charge in [-0.3, -0.25) is 5.41 Å². The summed E-state index contributed by atoms with van der Waals surface area (Å²) in [6.45, 7) is 4.95. The summed E-state index contributed by atoms with van der Waals surface area (Å²) in [5.41, 5.74) is 9.82. The Bertz CT molecular complexity index is 908. The van der Waals surface area contributed by atoms with E-state index in [1.165, 1.54) is 13.0 Å². The summed E-state index contributed by atoms with van der Waals surface area (Å²) in [5, 5.41) is 17.9. The molecular formula is C18H18BrF3N4O. The van der Waals surface area contributed by atoms with E-state index in [4.69, 9.17) is 21.6 Å². The molecule has 0 saturated carbocycles. The molecular weight excluding hydrogens is 425 g/mol. The van der Waals surface area contributed by atoms with Crippen molar-refractivity contribution in [3.8, 4) is 6.07 Å². The van der Waals surface area contributed by atoms with Crippen LogP contribution in [0.4, 0.5) is 13.2 Å². The number of halogens is 4. The van der Waals surface area contributed by atoms with Gasteiger partial charge in [-0.05, 0) is 36.6 Å². The predicted molar refractivity (Wildman–Crippen MR) is 98.2 cm³/mol. The van der Waals surface area contributed by atoms with Crippen LogP contribution in [0, 0.1) is 22.7 Å². The highest BCUT2D eigenvalue weighted by Crippen LogP contribution is 2.51. The topological polar surface area (TPSA) is 109 Å². The van der Waals surface area contributed by atoms with Gasteiger partial charge in [-0.15, -0.1) is 0 Å². The zero-order chi connectivity index (χ0) is 20.7. The molecule has 0 aliphatic carbocycles. The van der Waals surface area contributed by atoms with Crippen molar-refractivity contribution >= 4 is 21.8 Å². The number of hydrogen-bond donors (Lipinski definition) is 3. The number of nitrogens with two attached hydrogens (primary N) is 2. The van der Waals surface area contributed by atoms with Crippen LogP contribution in [0.2, 0.25) is 0 Å². The lowest BCUT2D eigenvalue weighted by molar-refractivity contribution is -0.137. The SMILES string of the molecule is CC(N)=C1C(=N)OC(N)=C(C#N)C1(c1cc(Br)cc(C(F)(F)F)c1)C(C)C.